The molecule has 24 heavy (non-hydrogen) atoms. The van der Waals surface area contributed by atoms with E-state index < -0.39 is 0 Å². The Labute approximate surface area is 140 Å². The number of hydrogen-bond donors (Lipinski definition) is 2. The SMILES string of the molecule is COc1ccc(C2=NNC(c3ccc(OC)c(OC)c3)C2)c(O)c1. The smallest absolute Gasteiger partial charge is 0.161 e. The topological polar surface area (TPSA) is 72.3 Å². The zero-order valence-corrected chi connectivity index (χ0v) is 13.9. The van der Waals surface area contributed by atoms with Gasteiger partial charge in [-0.15, -0.1) is 0 Å². The van der Waals surface area contributed by atoms with Crippen LogP contribution >= 0.6 is 0 Å². The molecule has 2 aromatic rings. The summed E-state index contributed by atoms with van der Waals surface area (Å²) in [5, 5.41) is 14.5. The maximum absolute atomic E-state index is 10.2. The molecule has 0 saturated heterocycles. The first-order valence-corrected chi connectivity index (χ1v) is 7.57. The molecule has 2 aromatic carbocycles. The average Bonchev–Trinajstić information content (AvgIpc) is 3.10. The second-order valence-electron chi connectivity index (χ2n) is 5.44. The number of ether oxygens (including phenoxy) is 3. The normalized spacial score (nSPS) is 16.3. The van der Waals surface area contributed by atoms with Crippen molar-refractivity contribution in [3.8, 4) is 23.0 Å². The van der Waals surface area contributed by atoms with Crippen molar-refractivity contribution in [3.63, 3.8) is 0 Å². The molecule has 0 aromatic heterocycles. The predicted octanol–water partition coefficient (Wildman–Crippen LogP) is 2.86. The van der Waals surface area contributed by atoms with E-state index >= 15 is 0 Å². The van der Waals surface area contributed by atoms with Crippen LogP contribution in [0, 0.1) is 0 Å². The van der Waals surface area contributed by atoms with Crippen molar-refractivity contribution in [2.75, 3.05) is 21.3 Å². The van der Waals surface area contributed by atoms with E-state index in [1.54, 1.807) is 33.5 Å². The van der Waals surface area contributed by atoms with Gasteiger partial charge in [-0.1, -0.05) is 6.07 Å². The zero-order valence-electron chi connectivity index (χ0n) is 13.9. The average molecular weight is 328 g/mol. The van der Waals surface area contributed by atoms with Gasteiger partial charge in [-0.05, 0) is 29.8 Å². The van der Waals surface area contributed by atoms with E-state index in [1.165, 1.54) is 0 Å². The molecule has 0 bridgehead atoms. The molecule has 0 aliphatic carbocycles. The Morgan fingerprint density at radius 1 is 1.00 bits per heavy atom. The van der Waals surface area contributed by atoms with Crippen molar-refractivity contribution < 1.29 is 19.3 Å². The fourth-order valence-electron chi connectivity index (χ4n) is 2.76. The van der Waals surface area contributed by atoms with Crippen molar-refractivity contribution in [1.82, 2.24) is 5.43 Å². The molecule has 1 aliphatic heterocycles. The number of phenols is 1. The highest BCUT2D eigenvalue weighted by atomic mass is 16.5. The van der Waals surface area contributed by atoms with Gasteiger partial charge in [0, 0.05) is 18.1 Å². The van der Waals surface area contributed by atoms with Crippen LogP contribution in [0.5, 0.6) is 23.0 Å². The number of hydrazone groups is 1. The second kappa shape index (κ2) is 6.70. The lowest BCUT2D eigenvalue weighted by Crippen LogP contribution is -2.10. The summed E-state index contributed by atoms with van der Waals surface area (Å²) in [6, 6.07) is 11.0. The van der Waals surface area contributed by atoms with Gasteiger partial charge >= 0.3 is 0 Å². The van der Waals surface area contributed by atoms with E-state index in [1.807, 2.05) is 24.3 Å². The van der Waals surface area contributed by atoms with Crippen molar-refractivity contribution in [2.45, 2.75) is 12.5 Å². The molecule has 1 atom stereocenters. The van der Waals surface area contributed by atoms with Crippen LogP contribution in [0.1, 0.15) is 23.6 Å². The van der Waals surface area contributed by atoms with Crippen LogP contribution in [0.2, 0.25) is 0 Å². The Balaban J connectivity index is 1.80. The number of rotatable bonds is 5. The molecular formula is C18H20N2O4. The van der Waals surface area contributed by atoms with E-state index in [4.69, 9.17) is 14.2 Å². The Hall–Kier alpha value is -2.89. The van der Waals surface area contributed by atoms with E-state index in [2.05, 4.69) is 10.5 Å². The third kappa shape index (κ3) is 2.95. The molecule has 3 rings (SSSR count). The molecule has 1 heterocycles. The van der Waals surface area contributed by atoms with Gasteiger partial charge in [-0.3, -0.25) is 0 Å². The monoisotopic (exact) mass is 328 g/mol. The summed E-state index contributed by atoms with van der Waals surface area (Å²) in [5.74, 6) is 2.13. The highest BCUT2D eigenvalue weighted by molar-refractivity contribution is 6.04. The lowest BCUT2D eigenvalue weighted by molar-refractivity contribution is 0.354. The summed E-state index contributed by atoms with van der Waals surface area (Å²) in [5.41, 5.74) is 5.66. The fraction of sp³-hybridized carbons (Fsp3) is 0.278. The summed E-state index contributed by atoms with van der Waals surface area (Å²) in [4.78, 5) is 0. The van der Waals surface area contributed by atoms with Crippen LogP contribution in [-0.2, 0) is 0 Å². The van der Waals surface area contributed by atoms with Crippen molar-refractivity contribution in [2.24, 2.45) is 5.10 Å². The maximum Gasteiger partial charge on any atom is 0.161 e. The number of methoxy groups -OCH3 is 3. The summed E-state index contributed by atoms with van der Waals surface area (Å²) in [7, 11) is 4.79. The third-order valence-corrected chi connectivity index (χ3v) is 4.08. The van der Waals surface area contributed by atoms with Crippen molar-refractivity contribution in [3.05, 3.63) is 47.5 Å². The van der Waals surface area contributed by atoms with Crippen LogP contribution < -0.4 is 19.6 Å². The van der Waals surface area contributed by atoms with E-state index in [-0.39, 0.29) is 11.8 Å². The molecule has 0 saturated carbocycles. The minimum Gasteiger partial charge on any atom is -0.507 e. The van der Waals surface area contributed by atoms with Gasteiger partial charge in [0.05, 0.1) is 33.1 Å². The number of phenolic OH excluding ortho intramolecular Hbond substituents is 1. The molecule has 1 aliphatic rings. The Morgan fingerprint density at radius 3 is 2.46 bits per heavy atom. The predicted molar refractivity (Wildman–Crippen MR) is 91.2 cm³/mol. The maximum atomic E-state index is 10.2. The largest absolute Gasteiger partial charge is 0.507 e. The van der Waals surface area contributed by atoms with Crippen LogP contribution in [0.15, 0.2) is 41.5 Å². The number of nitrogens with one attached hydrogen (secondary N) is 1. The minimum atomic E-state index is 0.0151. The first-order chi connectivity index (χ1) is 11.7. The van der Waals surface area contributed by atoms with Gasteiger partial charge in [-0.25, -0.2) is 0 Å². The standard InChI is InChI=1S/C18H20N2O4/c1-22-12-5-6-13(16(21)9-12)15-10-14(19-20-15)11-4-7-17(23-2)18(8-11)24-3/h4-9,14,19,21H,10H2,1-3H3. The van der Waals surface area contributed by atoms with Gasteiger partial charge in [0.2, 0.25) is 0 Å². The Morgan fingerprint density at radius 2 is 1.79 bits per heavy atom. The molecule has 0 radical (unpaired) electrons. The van der Waals surface area contributed by atoms with Crippen LogP contribution in [0.4, 0.5) is 0 Å². The number of nitrogens with zero attached hydrogens (tertiary/aromatic N) is 1. The molecule has 0 fully saturated rings. The summed E-state index contributed by atoms with van der Waals surface area (Å²) in [6.07, 6.45) is 0.662. The molecule has 6 heteroatoms. The quantitative estimate of drug-likeness (QED) is 0.883. The van der Waals surface area contributed by atoms with Crippen LogP contribution in [-0.4, -0.2) is 32.1 Å². The zero-order chi connectivity index (χ0) is 17.1. The second-order valence-corrected chi connectivity index (χ2v) is 5.44. The Kier molecular flexibility index (Phi) is 4.46. The first kappa shape index (κ1) is 16.0. The lowest BCUT2D eigenvalue weighted by atomic mass is 9.98. The van der Waals surface area contributed by atoms with Crippen LogP contribution in [0.25, 0.3) is 0 Å². The van der Waals surface area contributed by atoms with Crippen molar-refractivity contribution >= 4 is 5.71 Å². The molecule has 2 N–H and O–H groups in total. The highest BCUT2D eigenvalue weighted by Gasteiger charge is 2.24. The van der Waals surface area contributed by atoms with Gasteiger partial charge < -0.3 is 24.7 Å². The lowest BCUT2D eigenvalue weighted by Gasteiger charge is -2.14. The van der Waals surface area contributed by atoms with Gasteiger partial charge in [0.1, 0.15) is 11.5 Å². The number of hydrogen-bond acceptors (Lipinski definition) is 6. The van der Waals surface area contributed by atoms with Gasteiger partial charge in [-0.2, -0.15) is 5.10 Å². The minimum absolute atomic E-state index is 0.0151. The van der Waals surface area contributed by atoms with E-state index in [9.17, 15) is 5.11 Å². The van der Waals surface area contributed by atoms with Gasteiger partial charge in [0.15, 0.2) is 11.5 Å². The third-order valence-electron chi connectivity index (χ3n) is 4.08. The molecule has 126 valence electrons. The summed E-state index contributed by atoms with van der Waals surface area (Å²) in [6.45, 7) is 0. The molecule has 0 amide bonds. The highest BCUT2D eigenvalue weighted by Crippen LogP contribution is 2.34. The van der Waals surface area contributed by atoms with E-state index in [0.29, 0.717) is 29.2 Å². The molecule has 1 unspecified atom stereocenters. The fourth-order valence-corrected chi connectivity index (χ4v) is 2.76. The molecule has 0 spiro atoms. The summed E-state index contributed by atoms with van der Waals surface area (Å²) < 4.78 is 15.7. The van der Waals surface area contributed by atoms with Crippen molar-refractivity contribution in [1.29, 1.82) is 0 Å². The molecule has 6 nitrogen and oxygen atoms in total. The number of aromatic hydroxyl groups is 1. The number of benzene rings is 2. The first-order valence-electron chi connectivity index (χ1n) is 7.57. The Bertz CT molecular complexity index is 774. The summed E-state index contributed by atoms with van der Waals surface area (Å²) >= 11 is 0. The van der Waals surface area contributed by atoms with Crippen LogP contribution in [0.3, 0.4) is 0 Å². The van der Waals surface area contributed by atoms with Gasteiger partial charge in [0.25, 0.3) is 0 Å². The van der Waals surface area contributed by atoms with E-state index in [0.717, 1.165) is 11.3 Å². The molecular weight excluding hydrogens is 308 g/mol.